The molecule has 2 aliphatic heterocycles. The van der Waals surface area contributed by atoms with Gasteiger partial charge in [0, 0.05) is 0 Å². The summed E-state index contributed by atoms with van der Waals surface area (Å²) >= 11 is 7.32. The number of rotatable bonds is 1. The minimum atomic E-state index is -3.12. The van der Waals surface area contributed by atoms with Crippen molar-refractivity contribution in [2.24, 2.45) is 0 Å². The Labute approximate surface area is 123 Å². The molecule has 3 rings (SSSR count). The summed E-state index contributed by atoms with van der Waals surface area (Å²) in [6, 6.07) is 7.86. The van der Waals surface area contributed by atoms with E-state index in [1.165, 1.54) is 0 Å². The molecule has 0 aliphatic carbocycles. The van der Waals surface area contributed by atoms with E-state index in [2.05, 4.69) is 50.4 Å². The molecule has 0 amide bonds. The van der Waals surface area contributed by atoms with Crippen molar-refractivity contribution in [1.82, 2.24) is 0 Å². The van der Waals surface area contributed by atoms with Crippen LogP contribution in [0.15, 0.2) is 34.6 Å². The van der Waals surface area contributed by atoms with Crippen molar-refractivity contribution in [1.29, 1.82) is 0 Å². The predicted molar refractivity (Wildman–Crippen MR) is 83.3 cm³/mol. The first-order chi connectivity index (χ1) is 8.37. The van der Waals surface area contributed by atoms with Crippen LogP contribution in [0.5, 0.6) is 5.75 Å². The molecule has 0 saturated carbocycles. The number of fused-ring (bicyclic) bond motifs is 1. The zero-order valence-corrected chi connectivity index (χ0v) is 14.2. The number of anilines is 1. The molecule has 1 spiro atoms. The molecule has 1 aromatic rings. The molecule has 1 unspecified atom stereocenters. The van der Waals surface area contributed by atoms with Crippen LogP contribution in [0.1, 0.15) is 20.3 Å². The van der Waals surface area contributed by atoms with E-state index in [0.717, 1.165) is 22.3 Å². The fraction of sp³-hybridized carbons (Fsp3) is 0.333. The number of halogens is 2. The molecule has 1 N–H and O–H groups in total. The van der Waals surface area contributed by atoms with Crippen LogP contribution in [-0.4, -0.2) is 5.60 Å². The Balaban J connectivity index is 2.05. The molecular weight excluding hydrogens is 381 g/mol. The van der Waals surface area contributed by atoms with E-state index in [9.17, 15) is 0 Å². The first-order valence-electron chi connectivity index (χ1n) is 5.79. The Bertz CT molecular complexity index is 538. The summed E-state index contributed by atoms with van der Waals surface area (Å²) in [6.07, 6.45) is 0.870. The Morgan fingerprint density at radius 2 is 2.11 bits per heavy atom. The fourth-order valence-electron chi connectivity index (χ4n) is 2.17. The molecule has 18 heavy (non-hydrogen) atoms. The number of hydrogen-bond donors (Lipinski definition) is 1. The van der Waals surface area contributed by atoms with Gasteiger partial charge in [0.25, 0.3) is 0 Å². The van der Waals surface area contributed by atoms with Gasteiger partial charge in [-0.3, -0.25) is 0 Å². The molecule has 98 valence electrons. The van der Waals surface area contributed by atoms with Gasteiger partial charge in [-0.05, 0) is 0 Å². The van der Waals surface area contributed by atoms with Gasteiger partial charge in [0.05, 0.1) is 0 Å². The number of para-hydroxylation sites is 2. The predicted octanol–water partition coefficient (Wildman–Crippen LogP) is 5.53. The van der Waals surface area contributed by atoms with Gasteiger partial charge >= 0.3 is 123 Å². The average molecular weight is 395 g/mol. The Morgan fingerprint density at radius 1 is 1.39 bits per heavy atom. The van der Waals surface area contributed by atoms with E-state index in [1.807, 2.05) is 30.1 Å². The Hall–Kier alpha value is -0.0900. The number of hydrogen-bond acceptors (Lipinski definition) is 3. The summed E-state index contributed by atoms with van der Waals surface area (Å²) < 4.78 is 13.4. The molecule has 0 aromatic heterocycles. The SMILES string of the molecule is CCC1(C)OP2(Br)(C=C1Br)Nc1ccccc1O2. The van der Waals surface area contributed by atoms with Crippen LogP contribution < -0.4 is 9.61 Å². The normalized spacial score (nSPS) is 32.9. The van der Waals surface area contributed by atoms with E-state index < -0.39 is 5.91 Å². The Kier molecular flexibility index (Phi) is 2.67. The van der Waals surface area contributed by atoms with Crippen LogP contribution >= 0.6 is 37.3 Å². The van der Waals surface area contributed by atoms with E-state index in [4.69, 9.17) is 9.05 Å². The molecule has 3 nitrogen and oxygen atoms in total. The third-order valence-corrected chi connectivity index (χ3v) is 9.41. The second-order valence-corrected chi connectivity index (χ2v) is 12.3. The first-order valence-corrected chi connectivity index (χ1v) is 10.7. The van der Waals surface area contributed by atoms with E-state index >= 15 is 0 Å². The van der Waals surface area contributed by atoms with Gasteiger partial charge in [0.15, 0.2) is 0 Å². The van der Waals surface area contributed by atoms with Crippen molar-refractivity contribution in [2.45, 2.75) is 25.9 Å². The third kappa shape index (κ3) is 1.75. The van der Waals surface area contributed by atoms with Crippen molar-refractivity contribution in [3.63, 3.8) is 0 Å². The van der Waals surface area contributed by atoms with Gasteiger partial charge in [-0.2, -0.15) is 0 Å². The van der Waals surface area contributed by atoms with Crippen molar-refractivity contribution < 1.29 is 9.05 Å². The molecule has 0 fully saturated rings. The fourth-order valence-corrected chi connectivity index (χ4v) is 10.3. The van der Waals surface area contributed by atoms with Crippen molar-refractivity contribution in [2.75, 3.05) is 5.09 Å². The molecule has 2 heterocycles. The average Bonchev–Trinajstić information content (AvgIpc) is 2.70. The summed E-state index contributed by atoms with van der Waals surface area (Å²) in [4.78, 5) is 0. The van der Waals surface area contributed by atoms with Gasteiger partial charge in [-0.15, -0.1) is 0 Å². The van der Waals surface area contributed by atoms with Gasteiger partial charge in [0.2, 0.25) is 0 Å². The third-order valence-electron chi connectivity index (χ3n) is 3.36. The monoisotopic (exact) mass is 393 g/mol. The number of nitrogens with one attached hydrogen (secondary N) is 1. The molecule has 1 atom stereocenters. The zero-order chi connectivity index (χ0) is 13.0. The van der Waals surface area contributed by atoms with Gasteiger partial charge < -0.3 is 0 Å². The molecule has 0 radical (unpaired) electrons. The molecule has 2 aliphatic rings. The van der Waals surface area contributed by atoms with Gasteiger partial charge in [0.1, 0.15) is 0 Å². The standard InChI is InChI=1S/C12H14Br2NO2P/c1-3-12(2)11(13)8-18(14,17-12)15-9-6-4-5-7-10(9)16-18/h4-8,15H,3H2,1-2H3. The maximum atomic E-state index is 6.30. The van der Waals surface area contributed by atoms with Crippen LogP contribution in [0.2, 0.25) is 0 Å². The summed E-state index contributed by atoms with van der Waals surface area (Å²) in [7, 11) is 0. The van der Waals surface area contributed by atoms with Crippen LogP contribution in [0.3, 0.4) is 0 Å². The summed E-state index contributed by atoms with van der Waals surface area (Å²) in [5, 5.41) is 3.40. The second kappa shape index (κ2) is 3.72. The van der Waals surface area contributed by atoms with Crippen molar-refractivity contribution in [3.05, 3.63) is 34.6 Å². The van der Waals surface area contributed by atoms with Crippen molar-refractivity contribution >= 4 is 43.0 Å². The van der Waals surface area contributed by atoms with E-state index in [-0.39, 0.29) is 5.60 Å². The minimum absolute atomic E-state index is 0.351. The Morgan fingerprint density at radius 3 is 2.72 bits per heavy atom. The van der Waals surface area contributed by atoms with Crippen LogP contribution in [-0.2, 0) is 4.52 Å². The quantitative estimate of drug-likeness (QED) is 0.635. The van der Waals surface area contributed by atoms with Crippen molar-refractivity contribution in [3.8, 4) is 5.75 Å². The number of benzene rings is 1. The van der Waals surface area contributed by atoms with Gasteiger partial charge in [-0.1, -0.05) is 0 Å². The topological polar surface area (TPSA) is 30.5 Å². The molecule has 1 aromatic carbocycles. The van der Waals surface area contributed by atoms with E-state index in [1.54, 1.807) is 0 Å². The first kappa shape index (κ1) is 12.9. The molecule has 0 bridgehead atoms. The second-order valence-electron chi connectivity index (χ2n) is 4.77. The summed E-state index contributed by atoms with van der Waals surface area (Å²) in [6.45, 7) is 4.16. The summed E-state index contributed by atoms with van der Waals surface area (Å²) in [5.74, 6) is -0.276. The molecule has 6 heteroatoms. The summed E-state index contributed by atoms with van der Waals surface area (Å²) in [5.41, 5.74) is 0.611. The maximum absolute atomic E-state index is 6.30. The zero-order valence-electron chi connectivity index (χ0n) is 10.1. The van der Waals surface area contributed by atoms with Crippen LogP contribution in [0.4, 0.5) is 5.69 Å². The van der Waals surface area contributed by atoms with Gasteiger partial charge in [-0.25, -0.2) is 0 Å². The molecular formula is C12H14Br2NO2P. The molecule has 0 saturated heterocycles. The van der Waals surface area contributed by atoms with E-state index in [0.29, 0.717) is 0 Å². The van der Waals surface area contributed by atoms with Crippen LogP contribution in [0, 0.1) is 0 Å². The van der Waals surface area contributed by atoms with Crippen LogP contribution in [0.25, 0.3) is 0 Å².